The summed E-state index contributed by atoms with van der Waals surface area (Å²) in [4.78, 5) is 42.8. The number of hydrogen-bond acceptors (Lipinski definition) is 5. The van der Waals surface area contributed by atoms with Crippen molar-refractivity contribution >= 4 is 28.7 Å². The first-order valence-electron chi connectivity index (χ1n) is 9.56. The maximum Gasteiger partial charge on any atom is 0.339 e. The fourth-order valence-corrected chi connectivity index (χ4v) is 3.97. The lowest BCUT2D eigenvalue weighted by Gasteiger charge is -2.16. The number of carbonyl (C=O) groups excluding carboxylic acids is 3. The maximum absolute atomic E-state index is 12.9. The van der Waals surface area contributed by atoms with Crippen molar-refractivity contribution in [3.05, 3.63) is 41.1 Å². The average Bonchev–Trinajstić information content (AvgIpc) is 2.97. The Morgan fingerprint density at radius 3 is 2.67 bits per heavy atom. The van der Waals surface area contributed by atoms with Crippen LogP contribution in [-0.2, 0) is 27.2 Å². The first-order valence-corrected chi connectivity index (χ1v) is 9.56. The van der Waals surface area contributed by atoms with E-state index < -0.39 is 18.5 Å². The number of amides is 2. The Bertz CT molecular complexity index is 922. The minimum Gasteiger partial charge on any atom is -0.452 e. The zero-order chi connectivity index (χ0) is 18.8. The van der Waals surface area contributed by atoms with Crippen LogP contribution in [0, 0.1) is 0 Å². The lowest BCUT2D eigenvalue weighted by atomic mass is 9.97. The molecule has 1 saturated heterocycles. The first kappa shape index (κ1) is 17.6. The van der Waals surface area contributed by atoms with Crippen molar-refractivity contribution in [2.45, 2.75) is 44.9 Å². The molecular weight excluding hydrogens is 344 g/mol. The Morgan fingerprint density at radius 1 is 1.04 bits per heavy atom. The molecule has 2 amide bonds. The number of rotatable bonds is 3. The van der Waals surface area contributed by atoms with Crippen molar-refractivity contribution in [1.82, 2.24) is 9.88 Å². The maximum atomic E-state index is 12.9. The molecule has 140 valence electrons. The number of aromatic nitrogens is 1. The molecule has 2 aromatic rings. The highest BCUT2D eigenvalue weighted by molar-refractivity contribution is 6.06. The van der Waals surface area contributed by atoms with Gasteiger partial charge in [0.25, 0.3) is 5.91 Å². The molecule has 0 radical (unpaired) electrons. The average molecular weight is 366 g/mol. The standard InChI is InChI=1S/C21H22N2O4/c24-18-11-6-12-23(18)19(25)13-27-21(26)20-14-7-2-1-3-9-16(14)22-17-10-5-4-8-15(17)20/h4-5,8,10H,1-3,6-7,9,11-13H2. The number of ether oxygens (including phenoxy) is 1. The summed E-state index contributed by atoms with van der Waals surface area (Å²) in [6.07, 6.45) is 5.86. The van der Waals surface area contributed by atoms with Gasteiger partial charge in [-0.2, -0.15) is 0 Å². The summed E-state index contributed by atoms with van der Waals surface area (Å²) < 4.78 is 5.36. The van der Waals surface area contributed by atoms with Crippen LogP contribution >= 0.6 is 0 Å². The van der Waals surface area contributed by atoms with E-state index in [1.54, 1.807) is 0 Å². The van der Waals surface area contributed by atoms with Gasteiger partial charge < -0.3 is 4.74 Å². The number of carbonyl (C=O) groups is 3. The second-order valence-corrected chi connectivity index (χ2v) is 7.11. The molecule has 1 aromatic carbocycles. The van der Waals surface area contributed by atoms with Gasteiger partial charge in [0.05, 0.1) is 11.1 Å². The molecule has 0 spiro atoms. The summed E-state index contributed by atoms with van der Waals surface area (Å²) in [5, 5.41) is 0.757. The normalized spacial score (nSPS) is 16.9. The summed E-state index contributed by atoms with van der Waals surface area (Å²) in [7, 11) is 0. The third-order valence-corrected chi connectivity index (χ3v) is 5.32. The molecule has 0 N–H and O–H groups in total. The quantitative estimate of drug-likeness (QED) is 0.617. The summed E-state index contributed by atoms with van der Waals surface area (Å²) in [5.74, 6) is -1.15. The lowest BCUT2D eigenvalue weighted by molar-refractivity contribution is -0.143. The van der Waals surface area contributed by atoms with Crippen LogP contribution < -0.4 is 0 Å². The van der Waals surface area contributed by atoms with Crippen molar-refractivity contribution in [2.75, 3.05) is 13.2 Å². The van der Waals surface area contributed by atoms with Crippen LogP contribution in [0.5, 0.6) is 0 Å². The molecular formula is C21H22N2O4. The number of likely N-dealkylation sites (tertiary alicyclic amines) is 1. The zero-order valence-electron chi connectivity index (χ0n) is 15.2. The third kappa shape index (κ3) is 3.44. The van der Waals surface area contributed by atoms with E-state index in [4.69, 9.17) is 9.72 Å². The van der Waals surface area contributed by atoms with Gasteiger partial charge in [-0.15, -0.1) is 0 Å². The number of fused-ring (bicyclic) bond motifs is 2. The summed E-state index contributed by atoms with van der Waals surface area (Å²) in [5.41, 5.74) is 3.20. The lowest BCUT2D eigenvalue weighted by Crippen LogP contribution is -2.35. The highest BCUT2D eigenvalue weighted by Crippen LogP contribution is 2.29. The fraction of sp³-hybridized carbons (Fsp3) is 0.429. The van der Waals surface area contributed by atoms with Crippen LogP contribution in [0.1, 0.15) is 53.7 Å². The number of nitrogens with zero attached hydrogens (tertiary/aromatic N) is 2. The van der Waals surface area contributed by atoms with E-state index in [-0.39, 0.29) is 5.91 Å². The molecule has 1 aliphatic carbocycles. The van der Waals surface area contributed by atoms with Crippen molar-refractivity contribution in [2.24, 2.45) is 0 Å². The van der Waals surface area contributed by atoms with Gasteiger partial charge in [0.15, 0.2) is 6.61 Å². The smallest absolute Gasteiger partial charge is 0.339 e. The molecule has 2 aliphatic rings. The van der Waals surface area contributed by atoms with Gasteiger partial charge in [-0.3, -0.25) is 19.5 Å². The summed E-state index contributed by atoms with van der Waals surface area (Å²) >= 11 is 0. The minimum absolute atomic E-state index is 0.195. The number of hydrogen-bond donors (Lipinski definition) is 0. The number of pyridine rings is 1. The van der Waals surface area contributed by atoms with Crippen molar-refractivity contribution in [1.29, 1.82) is 0 Å². The van der Waals surface area contributed by atoms with Gasteiger partial charge in [-0.1, -0.05) is 24.6 Å². The molecule has 1 aromatic heterocycles. The molecule has 0 bridgehead atoms. The molecule has 0 atom stereocenters. The van der Waals surface area contributed by atoms with Crippen molar-refractivity contribution in [3.8, 4) is 0 Å². The van der Waals surface area contributed by atoms with E-state index >= 15 is 0 Å². The van der Waals surface area contributed by atoms with E-state index in [1.807, 2.05) is 24.3 Å². The molecule has 6 heteroatoms. The fourth-order valence-electron chi connectivity index (χ4n) is 3.97. The Balaban J connectivity index is 1.63. The predicted molar refractivity (Wildman–Crippen MR) is 99.2 cm³/mol. The number of benzene rings is 1. The molecule has 6 nitrogen and oxygen atoms in total. The second-order valence-electron chi connectivity index (χ2n) is 7.11. The Hall–Kier alpha value is -2.76. The molecule has 1 aliphatic heterocycles. The van der Waals surface area contributed by atoms with Gasteiger partial charge >= 0.3 is 5.97 Å². The molecule has 27 heavy (non-hydrogen) atoms. The molecule has 4 rings (SSSR count). The number of para-hydroxylation sites is 1. The van der Waals surface area contributed by atoms with Gasteiger partial charge in [0.2, 0.25) is 5.91 Å². The predicted octanol–water partition coefficient (Wildman–Crippen LogP) is 2.81. The monoisotopic (exact) mass is 366 g/mol. The number of esters is 1. The van der Waals surface area contributed by atoms with E-state index in [9.17, 15) is 14.4 Å². The summed E-state index contributed by atoms with van der Waals surface area (Å²) in [6, 6.07) is 7.54. The van der Waals surface area contributed by atoms with Crippen LogP contribution in [0.3, 0.4) is 0 Å². The van der Waals surface area contributed by atoms with Crippen LogP contribution in [0.15, 0.2) is 24.3 Å². The Kier molecular flexibility index (Phi) is 4.88. The molecule has 0 unspecified atom stereocenters. The van der Waals surface area contributed by atoms with Crippen LogP contribution in [0.25, 0.3) is 10.9 Å². The Labute approximate surface area is 157 Å². The van der Waals surface area contributed by atoms with E-state index in [0.717, 1.165) is 54.3 Å². The van der Waals surface area contributed by atoms with Crippen molar-refractivity contribution < 1.29 is 19.1 Å². The zero-order valence-corrected chi connectivity index (χ0v) is 15.2. The van der Waals surface area contributed by atoms with E-state index in [2.05, 4.69) is 0 Å². The highest BCUT2D eigenvalue weighted by atomic mass is 16.5. The number of imide groups is 1. The van der Waals surface area contributed by atoms with Gasteiger partial charge in [0.1, 0.15) is 0 Å². The van der Waals surface area contributed by atoms with E-state index in [1.165, 1.54) is 4.90 Å². The molecule has 1 fully saturated rings. The van der Waals surface area contributed by atoms with Gasteiger partial charge in [-0.05, 0) is 43.7 Å². The van der Waals surface area contributed by atoms with Crippen LogP contribution in [0.4, 0.5) is 0 Å². The van der Waals surface area contributed by atoms with Gasteiger partial charge in [-0.25, -0.2) is 4.79 Å². The van der Waals surface area contributed by atoms with Crippen LogP contribution in [0.2, 0.25) is 0 Å². The van der Waals surface area contributed by atoms with Crippen LogP contribution in [-0.4, -0.2) is 40.8 Å². The minimum atomic E-state index is -0.508. The highest BCUT2D eigenvalue weighted by Gasteiger charge is 2.28. The second kappa shape index (κ2) is 7.47. The van der Waals surface area contributed by atoms with Gasteiger partial charge in [0, 0.05) is 24.0 Å². The number of aryl methyl sites for hydroxylation is 1. The SMILES string of the molecule is O=C(OCC(=O)N1CCCC1=O)c1c2c(nc3ccccc13)CCCCC2. The largest absolute Gasteiger partial charge is 0.452 e. The molecule has 0 saturated carbocycles. The van der Waals surface area contributed by atoms with Crippen molar-refractivity contribution in [3.63, 3.8) is 0 Å². The molecule has 2 heterocycles. The van der Waals surface area contributed by atoms with E-state index in [0.29, 0.717) is 24.9 Å². The summed E-state index contributed by atoms with van der Waals surface area (Å²) in [6.45, 7) is -0.00119. The topological polar surface area (TPSA) is 76.6 Å². The first-order chi connectivity index (χ1) is 13.1. The third-order valence-electron chi connectivity index (χ3n) is 5.32. The Morgan fingerprint density at radius 2 is 1.85 bits per heavy atom.